The van der Waals surface area contributed by atoms with Crippen molar-refractivity contribution in [2.45, 2.75) is 40.2 Å². The number of ketones is 1. The van der Waals surface area contributed by atoms with Gasteiger partial charge in [-0.1, -0.05) is 0 Å². The lowest BCUT2D eigenvalue weighted by atomic mass is 10.1. The molecule has 0 saturated heterocycles. The van der Waals surface area contributed by atoms with Crippen LogP contribution >= 0.6 is 0 Å². The number of rotatable bonds is 5. The van der Waals surface area contributed by atoms with Crippen LogP contribution in [0.15, 0.2) is 36.4 Å². The molecule has 2 rings (SSSR count). The van der Waals surface area contributed by atoms with Gasteiger partial charge in [-0.05, 0) is 70.5 Å². The Balaban J connectivity index is 2.19. The molecule has 148 valence electrons. The SMILES string of the molecule is CC(=O)c1ccc(Oc2ccc(NC(=O)OC(C)(C)C)cc2C)cc1[N+](=O)[O-]. The van der Waals surface area contributed by atoms with E-state index in [0.29, 0.717) is 17.0 Å². The van der Waals surface area contributed by atoms with Crippen LogP contribution in [0.4, 0.5) is 16.2 Å². The molecule has 0 aromatic heterocycles. The summed E-state index contributed by atoms with van der Waals surface area (Å²) < 4.78 is 10.9. The molecule has 0 aliphatic rings. The lowest BCUT2D eigenvalue weighted by Gasteiger charge is -2.20. The van der Waals surface area contributed by atoms with Gasteiger partial charge in [0.05, 0.1) is 16.6 Å². The second-order valence-corrected chi connectivity index (χ2v) is 7.20. The molecule has 2 aromatic carbocycles. The van der Waals surface area contributed by atoms with Crippen molar-refractivity contribution in [2.24, 2.45) is 0 Å². The summed E-state index contributed by atoms with van der Waals surface area (Å²) in [4.78, 5) is 33.9. The van der Waals surface area contributed by atoms with Crippen LogP contribution in [0.2, 0.25) is 0 Å². The molecule has 0 atom stereocenters. The fraction of sp³-hybridized carbons (Fsp3) is 0.300. The Hall–Kier alpha value is -3.42. The highest BCUT2D eigenvalue weighted by Gasteiger charge is 2.19. The van der Waals surface area contributed by atoms with E-state index in [4.69, 9.17) is 9.47 Å². The number of carbonyl (C=O) groups excluding carboxylic acids is 2. The number of nitro benzene ring substituents is 1. The summed E-state index contributed by atoms with van der Waals surface area (Å²) in [5, 5.41) is 13.8. The maximum Gasteiger partial charge on any atom is 0.412 e. The summed E-state index contributed by atoms with van der Waals surface area (Å²) in [6.45, 7) is 8.35. The van der Waals surface area contributed by atoms with Crippen LogP contribution in [0.25, 0.3) is 0 Å². The summed E-state index contributed by atoms with van der Waals surface area (Å²) in [7, 11) is 0. The van der Waals surface area contributed by atoms with Crippen LogP contribution < -0.4 is 10.1 Å². The van der Waals surface area contributed by atoms with Crippen LogP contribution in [0.1, 0.15) is 43.6 Å². The lowest BCUT2D eigenvalue weighted by molar-refractivity contribution is -0.385. The van der Waals surface area contributed by atoms with Gasteiger partial charge in [0.15, 0.2) is 5.78 Å². The van der Waals surface area contributed by atoms with E-state index in [9.17, 15) is 19.7 Å². The van der Waals surface area contributed by atoms with E-state index in [-0.39, 0.29) is 17.0 Å². The van der Waals surface area contributed by atoms with Gasteiger partial charge in [-0.15, -0.1) is 0 Å². The minimum Gasteiger partial charge on any atom is -0.457 e. The van der Waals surface area contributed by atoms with Gasteiger partial charge in [0.25, 0.3) is 5.69 Å². The Bertz CT molecular complexity index is 931. The minimum atomic E-state index is -0.621. The minimum absolute atomic E-state index is 0.0194. The summed E-state index contributed by atoms with van der Waals surface area (Å²) in [5.41, 5.74) is 0.323. The summed E-state index contributed by atoms with van der Waals surface area (Å²) >= 11 is 0. The molecule has 0 fully saturated rings. The van der Waals surface area contributed by atoms with Crippen molar-refractivity contribution in [3.8, 4) is 11.5 Å². The molecule has 0 aliphatic carbocycles. The summed E-state index contributed by atoms with van der Waals surface area (Å²) in [6.07, 6.45) is -0.573. The predicted molar refractivity (Wildman–Crippen MR) is 104 cm³/mol. The third kappa shape index (κ3) is 5.54. The fourth-order valence-electron chi connectivity index (χ4n) is 2.41. The number of carbonyl (C=O) groups is 2. The van der Waals surface area contributed by atoms with Crippen molar-refractivity contribution in [3.05, 3.63) is 57.6 Å². The average molecular weight is 386 g/mol. The molecule has 28 heavy (non-hydrogen) atoms. The standard InChI is InChI=1S/C20H22N2O6/c1-12-10-14(21-19(24)28-20(3,4)5)6-9-18(12)27-15-7-8-16(13(2)23)17(11-15)22(25)26/h6-11H,1-5H3,(H,21,24). The largest absolute Gasteiger partial charge is 0.457 e. The molecule has 0 bridgehead atoms. The number of aryl methyl sites for hydroxylation is 1. The lowest BCUT2D eigenvalue weighted by Crippen LogP contribution is -2.27. The Morgan fingerprint density at radius 3 is 2.32 bits per heavy atom. The van der Waals surface area contributed by atoms with E-state index in [1.807, 2.05) is 0 Å². The number of benzene rings is 2. The summed E-state index contributed by atoms with van der Waals surface area (Å²) in [6, 6.07) is 9.03. The molecule has 0 spiro atoms. The number of ether oxygens (including phenoxy) is 2. The topological polar surface area (TPSA) is 108 Å². The van der Waals surface area contributed by atoms with E-state index in [0.717, 1.165) is 0 Å². The maximum absolute atomic E-state index is 11.8. The van der Waals surface area contributed by atoms with Crippen LogP contribution in [-0.2, 0) is 4.74 Å². The van der Waals surface area contributed by atoms with Crippen molar-refractivity contribution < 1.29 is 24.0 Å². The highest BCUT2D eigenvalue weighted by atomic mass is 16.6. The molecular weight excluding hydrogens is 364 g/mol. The van der Waals surface area contributed by atoms with Gasteiger partial charge in [-0.25, -0.2) is 4.79 Å². The first-order chi connectivity index (χ1) is 13.0. The number of nitrogens with zero attached hydrogens (tertiary/aromatic N) is 1. The van der Waals surface area contributed by atoms with E-state index in [1.165, 1.54) is 25.1 Å². The highest BCUT2D eigenvalue weighted by molar-refractivity contribution is 5.98. The molecule has 0 heterocycles. The van der Waals surface area contributed by atoms with Crippen LogP contribution in [0, 0.1) is 17.0 Å². The molecule has 8 heteroatoms. The number of hydrogen-bond acceptors (Lipinski definition) is 6. The van der Waals surface area contributed by atoms with Gasteiger partial charge >= 0.3 is 6.09 Å². The van der Waals surface area contributed by atoms with E-state index in [1.54, 1.807) is 45.9 Å². The first kappa shape index (κ1) is 20.9. The number of nitro groups is 1. The molecule has 1 N–H and O–H groups in total. The van der Waals surface area contributed by atoms with E-state index >= 15 is 0 Å². The zero-order valence-electron chi connectivity index (χ0n) is 16.4. The molecule has 2 aromatic rings. The first-order valence-electron chi connectivity index (χ1n) is 8.54. The van der Waals surface area contributed by atoms with Crippen LogP contribution in [0.5, 0.6) is 11.5 Å². The van der Waals surface area contributed by atoms with Crippen molar-refractivity contribution in [3.63, 3.8) is 0 Å². The first-order valence-corrected chi connectivity index (χ1v) is 8.54. The molecule has 0 aliphatic heterocycles. The number of Topliss-reactive ketones (excluding diaryl/α,β-unsaturated/α-hetero) is 1. The fourth-order valence-corrected chi connectivity index (χ4v) is 2.41. The molecule has 0 unspecified atom stereocenters. The predicted octanol–water partition coefficient (Wildman–Crippen LogP) is 5.25. The zero-order valence-corrected chi connectivity index (χ0v) is 16.4. The van der Waals surface area contributed by atoms with Crippen molar-refractivity contribution >= 4 is 23.3 Å². The number of amides is 1. The van der Waals surface area contributed by atoms with Crippen LogP contribution in [-0.4, -0.2) is 22.4 Å². The summed E-state index contributed by atoms with van der Waals surface area (Å²) in [5.74, 6) is 0.291. The molecule has 8 nitrogen and oxygen atoms in total. The van der Waals surface area contributed by atoms with Crippen LogP contribution in [0.3, 0.4) is 0 Å². The highest BCUT2D eigenvalue weighted by Crippen LogP contribution is 2.31. The monoisotopic (exact) mass is 386 g/mol. The number of hydrogen-bond donors (Lipinski definition) is 1. The zero-order chi connectivity index (χ0) is 21.1. The quantitative estimate of drug-likeness (QED) is 0.427. The third-order valence-corrected chi connectivity index (χ3v) is 3.59. The van der Waals surface area contributed by atoms with Gasteiger partial charge < -0.3 is 9.47 Å². The smallest absolute Gasteiger partial charge is 0.412 e. The average Bonchev–Trinajstić information content (AvgIpc) is 2.55. The van der Waals surface area contributed by atoms with Gasteiger partial charge in [0.2, 0.25) is 0 Å². The Morgan fingerprint density at radius 2 is 1.79 bits per heavy atom. The molecule has 0 saturated carbocycles. The molecule has 0 radical (unpaired) electrons. The van der Waals surface area contributed by atoms with Crippen molar-refractivity contribution in [2.75, 3.05) is 5.32 Å². The molecular formula is C20H22N2O6. The number of nitrogens with one attached hydrogen (secondary N) is 1. The molecule has 1 amide bonds. The van der Waals surface area contributed by atoms with Gasteiger partial charge in [0, 0.05) is 5.69 Å². The third-order valence-electron chi connectivity index (χ3n) is 3.59. The maximum atomic E-state index is 11.8. The van der Waals surface area contributed by atoms with Crippen molar-refractivity contribution in [1.82, 2.24) is 0 Å². The van der Waals surface area contributed by atoms with Crippen molar-refractivity contribution in [1.29, 1.82) is 0 Å². The second kappa shape index (κ2) is 8.08. The Kier molecular flexibility index (Phi) is 6.03. The number of anilines is 1. The van der Waals surface area contributed by atoms with E-state index in [2.05, 4.69) is 5.32 Å². The van der Waals surface area contributed by atoms with E-state index < -0.39 is 22.4 Å². The van der Waals surface area contributed by atoms with Gasteiger partial charge in [-0.3, -0.25) is 20.2 Å². The second-order valence-electron chi connectivity index (χ2n) is 7.20. The van der Waals surface area contributed by atoms with Gasteiger partial charge in [0.1, 0.15) is 17.1 Å². The van der Waals surface area contributed by atoms with Gasteiger partial charge in [-0.2, -0.15) is 0 Å². The Labute approximate surface area is 162 Å². The normalized spacial score (nSPS) is 10.9. The Morgan fingerprint density at radius 1 is 1.11 bits per heavy atom.